The number of aromatic carboxylic acids is 1. The zero-order valence-electron chi connectivity index (χ0n) is 13.5. The lowest BCUT2D eigenvalue weighted by Gasteiger charge is -2.16. The first-order valence-corrected chi connectivity index (χ1v) is 8.18. The monoisotopic (exact) mass is 340 g/mol. The summed E-state index contributed by atoms with van der Waals surface area (Å²) in [5.41, 5.74) is 1.39. The maximum Gasteiger partial charge on any atom is 0.338 e. The van der Waals surface area contributed by atoms with Crippen molar-refractivity contribution < 1.29 is 14.3 Å². The van der Waals surface area contributed by atoms with Crippen molar-refractivity contribution in [2.24, 2.45) is 5.92 Å². The van der Waals surface area contributed by atoms with Crippen LogP contribution in [0.25, 0.3) is 5.65 Å². The molecule has 1 atom stereocenters. The number of hydrogen-bond acceptors (Lipinski definition) is 4. The Morgan fingerprint density at radius 1 is 1.28 bits per heavy atom. The van der Waals surface area contributed by atoms with Crippen molar-refractivity contribution in [3.05, 3.63) is 59.5 Å². The topological polar surface area (TPSA) is 70.7 Å². The van der Waals surface area contributed by atoms with Gasteiger partial charge in [-0.1, -0.05) is 12.1 Å². The van der Waals surface area contributed by atoms with Crippen LogP contribution < -0.4 is 4.90 Å². The first-order valence-electron chi connectivity index (χ1n) is 8.18. The average molecular weight is 340 g/mol. The summed E-state index contributed by atoms with van der Waals surface area (Å²) in [6.07, 6.45) is 3.63. The first-order chi connectivity index (χ1) is 12.1. The molecule has 1 fully saturated rings. The summed E-state index contributed by atoms with van der Waals surface area (Å²) >= 11 is 0. The van der Waals surface area contributed by atoms with Gasteiger partial charge in [-0.15, -0.1) is 10.2 Å². The Morgan fingerprint density at radius 2 is 2.16 bits per heavy atom. The summed E-state index contributed by atoms with van der Waals surface area (Å²) in [4.78, 5) is 13.3. The van der Waals surface area contributed by atoms with Gasteiger partial charge in [0, 0.05) is 19.3 Å². The number of benzene rings is 1. The number of carboxylic acid groups (broad SMARTS) is 1. The Kier molecular flexibility index (Phi) is 3.83. The number of pyridine rings is 1. The molecule has 1 aromatic carbocycles. The van der Waals surface area contributed by atoms with E-state index < -0.39 is 11.8 Å². The summed E-state index contributed by atoms with van der Waals surface area (Å²) in [6, 6.07) is 10.1. The van der Waals surface area contributed by atoms with Crippen LogP contribution >= 0.6 is 0 Å². The Morgan fingerprint density at radius 3 is 3.00 bits per heavy atom. The molecule has 0 aliphatic carbocycles. The smallest absolute Gasteiger partial charge is 0.338 e. The second kappa shape index (κ2) is 6.16. The van der Waals surface area contributed by atoms with Gasteiger partial charge in [-0.25, -0.2) is 9.18 Å². The molecule has 3 aromatic rings. The Bertz CT molecular complexity index is 940. The quantitative estimate of drug-likeness (QED) is 0.791. The van der Waals surface area contributed by atoms with Crippen molar-refractivity contribution in [2.75, 3.05) is 18.0 Å². The summed E-state index contributed by atoms with van der Waals surface area (Å²) in [6.45, 7) is 1.68. The number of nitrogens with zero attached hydrogens (tertiary/aromatic N) is 4. The number of halogens is 1. The van der Waals surface area contributed by atoms with E-state index in [0.29, 0.717) is 12.3 Å². The van der Waals surface area contributed by atoms with Crippen molar-refractivity contribution in [1.29, 1.82) is 0 Å². The fourth-order valence-corrected chi connectivity index (χ4v) is 3.42. The van der Waals surface area contributed by atoms with Gasteiger partial charge in [0.15, 0.2) is 5.65 Å². The molecule has 0 radical (unpaired) electrons. The molecule has 1 saturated heterocycles. The molecule has 1 aliphatic rings. The van der Waals surface area contributed by atoms with Gasteiger partial charge in [0.05, 0.1) is 5.56 Å². The second-order valence-corrected chi connectivity index (χ2v) is 6.35. The molecule has 2 aromatic heterocycles. The number of aromatic nitrogens is 3. The van der Waals surface area contributed by atoms with Crippen LogP contribution in [0.1, 0.15) is 22.3 Å². The van der Waals surface area contributed by atoms with Gasteiger partial charge in [0.1, 0.15) is 5.82 Å². The number of anilines is 1. The number of carboxylic acids is 1. The van der Waals surface area contributed by atoms with E-state index in [1.807, 2.05) is 28.8 Å². The highest BCUT2D eigenvalue weighted by Gasteiger charge is 2.26. The number of rotatable bonds is 4. The van der Waals surface area contributed by atoms with E-state index in [0.717, 1.165) is 36.7 Å². The van der Waals surface area contributed by atoms with Gasteiger partial charge in [-0.05, 0) is 48.6 Å². The molecular formula is C18H17FN4O2. The molecule has 0 bridgehead atoms. The molecule has 7 heteroatoms. The highest BCUT2D eigenvalue weighted by molar-refractivity contribution is 5.88. The fourth-order valence-electron chi connectivity index (χ4n) is 3.42. The molecular weight excluding hydrogens is 323 g/mol. The van der Waals surface area contributed by atoms with Gasteiger partial charge >= 0.3 is 5.97 Å². The van der Waals surface area contributed by atoms with Crippen LogP contribution in [0.3, 0.4) is 0 Å². The summed E-state index contributed by atoms with van der Waals surface area (Å²) < 4.78 is 15.5. The van der Waals surface area contributed by atoms with Crippen molar-refractivity contribution in [1.82, 2.24) is 14.6 Å². The molecule has 25 heavy (non-hydrogen) atoms. The van der Waals surface area contributed by atoms with Crippen molar-refractivity contribution in [3.63, 3.8) is 0 Å². The van der Waals surface area contributed by atoms with Crippen LogP contribution in [-0.2, 0) is 6.42 Å². The van der Waals surface area contributed by atoms with Crippen LogP contribution in [0.4, 0.5) is 10.3 Å². The zero-order valence-corrected chi connectivity index (χ0v) is 13.5. The Balaban J connectivity index is 1.50. The van der Waals surface area contributed by atoms with Crippen LogP contribution in [0.5, 0.6) is 0 Å². The average Bonchev–Trinajstić information content (AvgIpc) is 3.23. The van der Waals surface area contributed by atoms with Gasteiger partial charge in [-0.3, -0.25) is 4.40 Å². The molecule has 0 saturated carbocycles. The van der Waals surface area contributed by atoms with E-state index in [4.69, 9.17) is 5.11 Å². The van der Waals surface area contributed by atoms with Crippen LogP contribution in [0, 0.1) is 11.7 Å². The molecule has 4 rings (SSSR count). The number of fused-ring (bicyclic) bond motifs is 1. The van der Waals surface area contributed by atoms with E-state index in [1.165, 1.54) is 12.1 Å². The van der Waals surface area contributed by atoms with Gasteiger partial charge in [0.25, 0.3) is 0 Å². The summed E-state index contributed by atoms with van der Waals surface area (Å²) in [5, 5.41) is 17.5. The minimum atomic E-state index is -1.23. The third-order valence-corrected chi connectivity index (χ3v) is 4.65. The van der Waals surface area contributed by atoms with Crippen molar-refractivity contribution >= 4 is 17.6 Å². The summed E-state index contributed by atoms with van der Waals surface area (Å²) in [5.74, 6) is -0.742. The highest BCUT2D eigenvalue weighted by Crippen LogP contribution is 2.26. The highest BCUT2D eigenvalue weighted by atomic mass is 19.1. The number of hydrogen-bond donors (Lipinski definition) is 1. The molecule has 3 heterocycles. The maximum absolute atomic E-state index is 13.5. The van der Waals surface area contributed by atoms with E-state index >= 15 is 0 Å². The molecule has 0 amide bonds. The van der Waals surface area contributed by atoms with E-state index in [1.54, 1.807) is 6.07 Å². The third kappa shape index (κ3) is 2.93. The normalized spacial score (nSPS) is 17.3. The Labute approximate surface area is 143 Å². The van der Waals surface area contributed by atoms with Gasteiger partial charge < -0.3 is 10.0 Å². The van der Waals surface area contributed by atoms with Crippen LogP contribution in [-0.4, -0.2) is 38.8 Å². The molecule has 1 aliphatic heterocycles. The Hall–Kier alpha value is -2.96. The van der Waals surface area contributed by atoms with E-state index in [2.05, 4.69) is 15.1 Å². The SMILES string of the molecule is O=C(O)c1cc(CC2CCN(c3nnc4ccccn34)C2)ccc1F. The minimum Gasteiger partial charge on any atom is -0.478 e. The van der Waals surface area contributed by atoms with Crippen LogP contribution in [0.2, 0.25) is 0 Å². The lowest BCUT2D eigenvalue weighted by atomic mass is 9.97. The zero-order chi connectivity index (χ0) is 17.4. The van der Waals surface area contributed by atoms with Gasteiger partial charge in [0.2, 0.25) is 5.95 Å². The maximum atomic E-state index is 13.5. The van der Waals surface area contributed by atoms with Crippen LogP contribution in [0.15, 0.2) is 42.6 Å². The summed E-state index contributed by atoms with van der Waals surface area (Å²) in [7, 11) is 0. The van der Waals surface area contributed by atoms with E-state index in [-0.39, 0.29) is 5.56 Å². The molecule has 0 spiro atoms. The predicted molar refractivity (Wildman–Crippen MR) is 90.4 cm³/mol. The molecule has 6 nitrogen and oxygen atoms in total. The van der Waals surface area contributed by atoms with Crippen molar-refractivity contribution in [2.45, 2.75) is 12.8 Å². The minimum absolute atomic E-state index is 0.268. The molecule has 1 unspecified atom stereocenters. The first kappa shape index (κ1) is 15.6. The molecule has 128 valence electrons. The lowest BCUT2D eigenvalue weighted by molar-refractivity contribution is 0.0691. The molecule has 1 N–H and O–H groups in total. The number of carbonyl (C=O) groups is 1. The second-order valence-electron chi connectivity index (χ2n) is 6.35. The van der Waals surface area contributed by atoms with Gasteiger partial charge in [-0.2, -0.15) is 0 Å². The van der Waals surface area contributed by atoms with Crippen molar-refractivity contribution in [3.8, 4) is 0 Å². The standard InChI is InChI=1S/C18H17FN4O2/c19-15-5-4-12(10-14(15)17(24)25)9-13-6-8-22(11-13)18-21-20-16-3-1-2-7-23(16)18/h1-5,7,10,13H,6,8-9,11H2,(H,24,25). The lowest BCUT2D eigenvalue weighted by Crippen LogP contribution is -2.22. The fraction of sp³-hybridized carbons (Fsp3) is 0.278. The predicted octanol–water partition coefficient (Wildman–Crippen LogP) is 2.64. The largest absolute Gasteiger partial charge is 0.478 e. The van der Waals surface area contributed by atoms with E-state index in [9.17, 15) is 9.18 Å². The third-order valence-electron chi connectivity index (χ3n) is 4.65.